The van der Waals surface area contributed by atoms with Gasteiger partial charge in [0.2, 0.25) is 0 Å². The van der Waals surface area contributed by atoms with E-state index in [1.165, 1.54) is 10.8 Å². The Morgan fingerprint density at radius 2 is 1.59 bits per heavy atom. The number of para-hydroxylation sites is 1. The van der Waals surface area contributed by atoms with E-state index in [1.54, 1.807) is 6.21 Å². The smallest absolute Gasteiger partial charge is 0.138 e. The Morgan fingerprint density at radius 3 is 2.44 bits per heavy atom. The summed E-state index contributed by atoms with van der Waals surface area (Å²) in [7, 11) is 0. The first-order valence-electron chi connectivity index (χ1n) is 8.78. The Hall–Kier alpha value is -3.10. The van der Waals surface area contributed by atoms with Crippen molar-refractivity contribution in [1.29, 1.82) is 0 Å². The molecule has 0 aliphatic carbocycles. The van der Waals surface area contributed by atoms with Crippen LogP contribution in [0, 0.1) is 0 Å². The Kier molecular flexibility index (Phi) is 5.17. The maximum Gasteiger partial charge on any atom is 0.138 e. The van der Waals surface area contributed by atoms with E-state index in [-0.39, 0.29) is 0 Å². The summed E-state index contributed by atoms with van der Waals surface area (Å²) < 4.78 is 5.97. The molecule has 0 amide bonds. The van der Waals surface area contributed by atoms with Crippen molar-refractivity contribution < 1.29 is 4.74 Å². The van der Waals surface area contributed by atoms with E-state index in [9.17, 15) is 0 Å². The lowest BCUT2D eigenvalue weighted by Crippen LogP contribution is -1.97. The molecular weight excluding hydrogens is 354 g/mol. The first-order valence-corrected chi connectivity index (χ1v) is 9.15. The van der Waals surface area contributed by atoms with Crippen LogP contribution in [0.15, 0.2) is 96.0 Å². The molecule has 132 valence electrons. The van der Waals surface area contributed by atoms with Gasteiger partial charge in [0, 0.05) is 6.21 Å². The van der Waals surface area contributed by atoms with Crippen LogP contribution in [0.5, 0.6) is 5.75 Å². The molecule has 2 nitrogen and oxygen atoms in total. The molecular formula is C24H18ClNO. The summed E-state index contributed by atoms with van der Waals surface area (Å²) in [6.07, 6.45) is 1.80. The Bertz CT molecular complexity index is 1080. The lowest BCUT2D eigenvalue weighted by molar-refractivity contribution is 0.308. The molecule has 0 radical (unpaired) electrons. The lowest BCUT2D eigenvalue weighted by atomic mass is 10.1. The third kappa shape index (κ3) is 4.18. The first-order chi connectivity index (χ1) is 13.3. The molecule has 4 aromatic rings. The van der Waals surface area contributed by atoms with Crippen LogP contribution in [-0.4, -0.2) is 6.21 Å². The van der Waals surface area contributed by atoms with E-state index in [0.717, 1.165) is 16.8 Å². The van der Waals surface area contributed by atoms with Crippen molar-refractivity contribution in [3.63, 3.8) is 0 Å². The Morgan fingerprint density at radius 1 is 0.815 bits per heavy atom. The average Bonchev–Trinajstić information content (AvgIpc) is 2.72. The molecule has 0 N–H and O–H groups in total. The monoisotopic (exact) mass is 371 g/mol. The molecule has 0 spiro atoms. The van der Waals surface area contributed by atoms with Crippen molar-refractivity contribution in [2.45, 2.75) is 6.61 Å². The average molecular weight is 372 g/mol. The number of rotatable bonds is 5. The van der Waals surface area contributed by atoms with E-state index >= 15 is 0 Å². The number of ether oxygens (including phenoxy) is 1. The maximum atomic E-state index is 6.41. The highest BCUT2D eigenvalue weighted by Gasteiger charge is 2.05. The lowest BCUT2D eigenvalue weighted by Gasteiger charge is -2.11. The minimum atomic E-state index is 0.471. The Labute approximate surface area is 163 Å². The molecule has 27 heavy (non-hydrogen) atoms. The number of aliphatic imine (C=N–C) groups is 1. The van der Waals surface area contributed by atoms with E-state index in [0.29, 0.717) is 17.4 Å². The summed E-state index contributed by atoms with van der Waals surface area (Å²) in [5, 5.41) is 2.98. The Balaban J connectivity index is 1.49. The second-order valence-corrected chi connectivity index (χ2v) is 6.62. The molecule has 0 bridgehead atoms. The van der Waals surface area contributed by atoms with Crippen LogP contribution >= 0.6 is 11.6 Å². The quantitative estimate of drug-likeness (QED) is 0.352. The standard InChI is InChI=1S/C24H18ClNO/c25-23-15-18(16-26-21-10-2-1-3-11-21)13-14-24(23)27-17-20-9-6-8-19-7-4-5-12-22(19)20/h1-16H,17H2. The molecule has 0 heterocycles. The number of halogens is 1. The van der Waals surface area contributed by atoms with Gasteiger partial charge in [-0.2, -0.15) is 0 Å². The minimum absolute atomic E-state index is 0.471. The molecule has 4 rings (SSSR count). The van der Waals surface area contributed by atoms with Crippen molar-refractivity contribution in [3.05, 3.63) is 107 Å². The van der Waals surface area contributed by atoms with Crippen molar-refractivity contribution in [3.8, 4) is 5.75 Å². The molecule has 3 heteroatoms. The zero-order valence-electron chi connectivity index (χ0n) is 14.7. The summed E-state index contributed by atoms with van der Waals surface area (Å²) in [6, 6.07) is 30.1. The zero-order chi connectivity index (χ0) is 18.5. The van der Waals surface area contributed by atoms with Gasteiger partial charge in [-0.05, 0) is 52.2 Å². The van der Waals surface area contributed by atoms with Gasteiger partial charge in [-0.1, -0.05) is 72.3 Å². The van der Waals surface area contributed by atoms with E-state index in [4.69, 9.17) is 16.3 Å². The molecule has 0 atom stereocenters. The molecule has 0 aliphatic rings. The van der Waals surface area contributed by atoms with Gasteiger partial charge in [-0.3, -0.25) is 4.99 Å². The van der Waals surface area contributed by atoms with Gasteiger partial charge in [0.15, 0.2) is 0 Å². The highest BCUT2D eigenvalue weighted by Crippen LogP contribution is 2.27. The summed E-state index contributed by atoms with van der Waals surface area (Å²) in [4.78, 5) is 4.45. The van der Waals surface area contributed by atoms with Crippen molar-refractivity contribution in [1.82, 2.24) is 0 Å². The van der Waals surface area contributed by atoms with Gasteiger partial charge < -0.3 is 4.74 Å². The van der Waals surface area contributed by atoms with E-state index in [2.05, 4.69) is 29.3 Å². The largest absolute Gasteiger partial charge is 0.487 e. The summed E-state index contributed by atoms with van der Waals surface area (Å²) in [6.45, 7) is 0.471. The highest BCUT2D eigenvalue weighted by atomic mass is 35.5. The topological polar surface area (TPSA) is 21.6 Å². The summed E-state index contributed by atoms with van der Waals surface area (Å²) >= 11 is 6.41. The third-order valence-corrected chi connectivity index (χ3v) is 4.63. The molecule has 4 aromatic carbocycles. The number of fused-ring (bicyclic) bond motifs is 1. The van der Waals surface area contributed by atoms with Crippen LogP contribution < -0.4 is 4.74 Å². The normalized spacial score (nSPS) is 11.1. The fourth-order valence-electron chi connectivity index (χ4n) is 2.95. The predicted molar refractivity (Wildman–Crippen MR) is 113 cm³/mol. The maximum absolute atomic E-state index is 6.41. The molecule has 0 saturated carbocycles. The van der Waals surface area contributed by atoms with Crippen molar-refractivity contribution >= 4 is 34.3 Å². The SMILES string of the molecule is Clc1cc(C=Nc2ccccc2)ccc1OCc1cccc2ccccc12. The number of benzene rings is 4. The van der Waals surface area contributed by atoms with Crippen LogP contribution in [0.2, 0.25) is 5.02 Å². The molecule has 0 fully saturated rings. The summed E-state index contributed by atoms with van der Waals surface area (Å²) in [5.74, 6) is 0.668. The van der Waals surface area contributed by atoms with E-state index in [1.807, 2.05) is 66.7 Å². The van der Waals surface area contributed by atoms with Gasteiger partial charge in [-0.15, -0.1) is 0 Å². The van der Waals surface area contributed by atoms with Gasteiger partial charge in [0.25, 0.3) is 0 Å². The van der Waals surface area contributed by atoms with Crippen LogP contribution in [0.3, 0.4) is 0 Å². The fourth-order valence-corrected chi connectivity index (χ4v) is 3.19. The minimum Gasteiger partial charge on any atom is -0.487 e. The molecule has 0 unspecified atom stereocenters. The van der Waals surface area contributed by atoms with Crippen molar-refractivity contribution in [2.24, 2.45) is 4.99 Å². The highest BCUT2D eigenvalue weighted by molar-refractivity contribution is 6.32. The van der Waals surface area contributed by atoms with Gasteiger partial charge in [0.1, 0.15) is 12.4 Å². The summed E-state index contributed by atoms with van der Waals surface area (Å²) in [5.41, 5.74) is 2.98. The second kappa shape index (κ2) is 8.07. The molecule has 0 aromatic heterocycles. The van der Waals surface area contributed by atoms with Crippen LogP contribution in [0.25, 0.3) is 10.8 Å². The fraction of sp³-hybridized carbons (Fsp3) is 0.0417. The van der Waals surface area contributed by atoms with E-state index < -0.39 is 0 Å². The van der Waals surface area contributed by atoms with Crippen molar-refractivity contribution in [2.75, 3.05) is 0 Å². The predicted octanol–water partition coefficient (Wildman–Crippen LogP) is 6.82. The third-order valence-electron chi connectivity index (χ3n) is 4.34. The number of nitrogens with zero attached hydrogens (tertiary/aromatic N) is 1. The van der Waals surface area contributed by atoms with Gasteiger partial charge in [-0.25, -0.2) is 0 Å². The van der Waals surface area contributed by atoms with Crippen LogP contribution in [-0.2, 0) is 6.61 Å². The van der Waals surface area contributed by atoms with Gasteiger partial charge in [0.05, 0.1) is 10.7 Å². The van der Waals surface area contributed by atoms with Crippen LogP contribution in [0.1, 0.15) is 11.1 Å². The number of hydrogen-bond acceptors (Lipinski definition) is 2. The molecule has 0 saturated heterocycles. The van der Waals surface area contributed by atoms with Gasteiger partial charge >= 0.3 is 0 Å². The van der Waals surface area contributed by atoms with Crippen LogP contribution in [0.4, 0.5) is 5.69 Å². The molecule has 0 aliphatic heterocycles. The second-order valence-electron chi connectivity index (χ2n) is 6.21. The zero-order valence-corrected chi connectivity index (χ0v) is 15.4. The first kappa shape index (κ1) is 17.3. The number of hydrogen-bond donors (Lipinski definition) is 0.